The van der Waals surface area contributed by atoms with E-state index in [0.29, 0.717) is 29.6 Å². The molecule has 9 heteroatoms. The molecule has 2 aromatic rings. The van der Waals surface area contributed by atoms with Gasteiger partial charge in [0.2, 0.25) is 5.91 Å². The molecular formula is C21H29Cl2N5O2. The summed E-state index contributed by atoms with van der Waals surface area (Å²) in [5, 5.41) is 6.35. The van der Waals surface area contributed by atoms with Crippen LogP contribution in [0.4, 0.5) is 5.69 Å². The number of hydrogen-bond acceptors (Lipinski definition) is 4. The zero-order valence-corrected chi connectivity index (χ0v) is 18.5. The van der Waals surface area contributed by atoms with Crippen LogP contribution in [0.25, 0.3) is 0 Å². The SMILES string of the molecule is Cl.Cl.O=C(CCn1ccnc1)Nc1cccc(C(=O)N2CCC3(CCNC3)CC2)c1. The van der Waals surface area contributed by atoms with Crippen molar-refractivity contribution in [3.05, 3.63) is 48.5 Å². The zero-order chi connectivity index (χ0) is 19.4. The van der Waals surface area contributed by atoms with Crippen LogP contribution in [0.3, 0.4) is 0 Å². The third kappa shape index (κ3) is 5.74. The number of nitrogens with zero attached hydrogens (tertiary/aromatic N) is 3. The maximum absolute atomic E-state index is 12.9. The maximum Gasteiger partial charge on any atom is 0.253 e. The highest BCUT2D eigenvalue weighted by molar-refractivity contribution is 5.97. The first-order valence-electron chi connectivity index (χ1n) is 9.99. The molecule has 0 radical (unpaired) electrons. The highest BCUT2D eigenvalue weighted by atomic mass is 35.5. The molecular weight excluding hydrogens is 425 g/mol. The van der Waals surface area contributed by atoms with Gasteiger partial charge in [0.15, 0.2) is 0 Å². The van der Waals surface area contributed by atoms with Crippen molar-refractivity contribution in [2.24, 2.45) is 5.41 Å². The summed E-state index contributed by atoms with van der Waals surface area (Å²) in [6, 6.07) is 7.25. The number of likely N-dealkylation sites (tertiary alicyclic amines) is 1. The molecule has 1 aromatic carbocycles. The number of hydrogen-bond donors (Lipinski definition) is 2. The van der Waals surface area contributed by atoms with E-state index < -0.39 is 0 Å². The second-order valence-electron chi connectivity index (χ2n) is 7.90. The van der Waals surface area contributed by atoms with Gasteiger partial charge in [0, 0.05) is 56.2 Å². The molecule has 0 unspecified atom stereocenters. The number of halogens is 2. The Bertz CT molecular complexity index is 828. The van der Waals surface area contributed by atoms with E-state index in [2.05, 4.69) is 15.6 Å². The molecule has 2 fully saturated rings. The molecule has 2 aliphatic heterocycles. The molecule has 4 rings (SSSR count). The molecule has 7 nitrogen and oxygen atoms in total. The number of carbonyl (C=O) groups is 2. The lowest BCUT2D eigenvalue weighted by Crippen LogP contribution is -2.44. The van der Waals surface area contributed by atoms with E-state index in [4.69, 9.17) is 0 Å². The molecule has 1 aromatic heterocycles. The van der Waals surface area contributed by atoms with Gasteiger partial charge in [-0.2, -0.15) is 0 Å². The van der Waals surface area contributed by atoms with Crippen molar-refractivity contribution < 1.29 is 9.59 Å². The van der Waals surface area contributed by atoms with Crippen LogP contribution >= 0.6 is 24.8 Å². The van der Waals surface area contributed by atoms with Crippen molar-refractivity contribution in [2.45, 2.75) is 32.2 Å². The predicted molar refractivity (Wildman–Crippen MR) is 121 cm³/mol. The molecule has 30 heavy (non-hydrogen) atoms. The van der Waals surface area contributed by atoms with Gasteiger partial charge in [0.05, 0.1) is 6.33 Å². The van der Waals surface area contributed by atoms with Gasteiger partial charge >= 0.3 is 0 Å². The quantitative estimate of drug-likeness (QED) is 0.728. The van der Waals surface area contributed by atoms with E-state index in [1.807, 2.05) is 33.9 Å². The highest BCUT2D eigenvalue weighted by Crippen LogP contribution is 2.37. The van der Waals surface area contributed by atoms with Crippen molar-refractivity contribution in [2.75, 3.05) is 31.5 Å². The van der Waals surface area contributed by atoms with Gasteiger partial charge in [-0.3, -0.25) is 9.59 Å². The van der Waals surface area contributed by atoms with E-state index in [9.17, 15) is 9.59 Å². The van der Waals surface area contributed by atoms with Gasteiger partial charge in [0.25, 0.3) is 5.91 Å². The van der Waals surface area contributed by atoms with E-state index in [1.54, 1.807) is 18.6 Å². The van der Waals surface area contributed by atoms with Crippen molar-refractivity contribution in [3.8, 4) is 0 Å². The van der Waals surface area contributed by atoms with E-state index in [-0.39, 0.29) is 36.6 Å². The zero-order valence-electron chi connectivity index (χ0n) is 16.9. The molecule has 3 heterocycles. The van der Waals surface area contributed by atoms with Gasteiger partial charge in [0.1, 0.15) is 0 Å². The number of carbonyl (C=O) groups excluding carboxylic acids is 2. The van der Waals surface area contributed by atoms with E-state index in [1.165, 1.54) is 6.42 Å². The van der Waals surface area contributed by atoms with Crippen LogP contribution in [0.5, 0.6) is 0 Å². The summed E-state index contributed by atoms with van der Waals surface area (Å²) in [5.41, 5.74) is 1.69. The minimum Gasteiger partial charge on any atom is -0.339 e. The minimum absolute atomic E-state index is 0. The number of aryl methyl sites for hydroxylation is 1. The largest absolute Gasteiger partial charge is 0.339 e. The summed E-state index contributed by atoms with van der Waals surface area (Å²) in [6.45, 7) is 4.37. The normalized spacial score (nSPS) is 17.1. The Balaban J connectivity index is 0.00000160. The number of aromatic nitrogens is 2. The number of imidazole rings is 1. The average molecular weight is 454 g/mol. The standard InChI is InChI=1S/C21H27N5O2.2ClH/c27-19(4-10-25-13-9-23-16-25)24-18-3-1-2-17(14-18)20(28)26-11-6-21(7-12-26)5-8-22-15-21;;/h1-3,9,13-14,16,22H,4-8,10-12,15H2,(H,24,27);2*1H. The Labute approximate surface area is 189 Å². The maximum atomic E-state index is 12.9. The van der Waals surface area contributed by atoms with Crippen molar-refractivity contribution in [1.29, 1.82) is 0 Å². The Hall–Kier alpha value is -2.09. The van der Waals surface area contributed by atoms with Crippen molar-refractivity contribution in [3.63, 3.8) is 0 Å². The fraction of sp³-hybridized carbons (Fsp3) is 0.476. The average Bonchev–Trinajstić information content (AvgIpc) is 3.39. The molecule has 1 spiro atoms. The minimum atomic E-state index is -0.0769. The summed E-state index contributed by atoms with van der Waals surface area (Å²) < 4.78 is 1.86. The molecule has 0 bridgehead atoms. The van der Waals surface area contributed by atoms with Crippen LogP contribution in [-0.2, 0) is 11.3 Å². The lowest BCUT2D eigenvalue weighted by Gasteiger charge is -2.39. The van der Waals surface area contributed by atoms with Crippen molar-refractivity contribution >= 4 is 42.3 Å². The van der Waals surface area contributed by atoms with Crippen LogP contribution in [0.2, 0.25) is 0 Å². The monoisotopic (exact) mass is 453 g/mol. The summed E-state index contributed by atoms with van der Waals surface area (Å²) in [4.78, 5) is 31.0. The third-order valence-corrected chi connectivity index (χ3v) is 5.99. The summed E-state index contributed by atoms with van der Waals surface area (Å²) in [6.07, 6.45) is 8.92. The van der Waals surface area contributed by atoms with Crippen LogP contribution in [0, 0.1) is 5.41 Å². The molecule has 0 atom stereocenters. The first kappa shape index (κ1) is 24.2. The molecule has 2 amide bonds. The van der Waals surface area contributed by atoms with Gasteiger partial charge in [-0.1, -0.05) is 6.07 Å². The van der Waals surface area contributed by atoms with Crippen molar-refractivity contribution in [1.82, 2.24) is 19.8 Å². The van der Waals surface area contributed by atoms with Crippen LogP contribution < -0.4 is 10.6 Å². The number of anilines is 1. The van der Waals surface area contributed by atoms with Crippen LogP contribution in [0.15, 0.2) is 43.0 Å². The second-order valence-corrected chi connectivity index (χ2v) is 7.90. The summed E-state index contributed by atoms with van der Waals surface area (Å²) in [7, 11) is 0. The number of benzene rings is 1. The number of piperidine rings is 1. The predicted octanol–water partition coefficient (Wildman–Crippen LogP) is 2.97. The number of nitrogens with one attached hydrogen (secondary N) is 2. The summed E-state index contributed by atoms with van der Waals surface area (Å²) >= 11 is 0. The number of amides is 2. The van der Waals surface area contributed by atoms with E-state index in [0.717, 1.165) is 39.0 Å². The van der Waals surface area contributed by atoms with Crippen LogP contribution in [0.1, 0.15) is 36.0 Å². The van der Waals surface area contributed by atoms with Gasteiger partial charge in [-0.05, 0) is 49.4 Å². The topological polar surface area (TPSA) is 79.3 Å². The summed E-state index contributed by atoms with van der Waals surface area (Å²) in [5.74, 6) is -0.0257. The first-order chi connectivity index (χ1) is 13.6. The van der Waals surface area contributed by atoms with E-state index >= 15 is 0 Å². The van der Waals surface area contributed by atoms with Gasteiger partial charge < -0.3 is 20.1 Å². The molecule has 2 aliphatic rings. The molecule has 0 aliphatic carbocycles. The second kappa shape index (κ2) is 10.8. The number of rotatable bonds is 5. The Kier molecular flexibility index (Phi) is 8.70. The lowest BCUT2D eigenvalue weighted by molar-refractivity contribution is -0.116. The molecule has 164 valence electrons. The smallest absolute Gasteiger partial charge is 0.253 e. The third-order valence-electron chi connectivity index (χ3n) is 5.99. The first-order valence-corrected chi connectivity index (χ1v) is 9.99. The molecule has 0 saturated carbocycles. The molecule has 2 saturated heterocycles. The fourth-order valence-electron chi connectivity index (χ4n) is 4.19. The van der Waals surface area contributed by atoms with Gasteiger partial charge in [-0.25, -0.2) is 4.98 Å². The Morgan fingerprint density at radius 3 is 2.63 bits per heavy atom. The molecule has 2 N–H and O–H groups in total. The fourth-order valence-corrected chi connectivity index (χ4v) is 4.19. The highest BCUT2D eigenvalue weighted by Gasteiger charge is 2.38. The Morgan fingerprint density at radius 1 is 1.17 bits per heavy atom. The Morgan fingerprint density at radius 2 is 1.97 bits per heavy atom. The van der Waals surface area contributed by atoms with Crippen LogP contribution in [-0.4, -0.2) is 52.4 Å². The van der Waals surface area contributed by atoms with Gasteiger partial charge in [-0.15, -0.1) is 24.8 Å². The lowest BCUT2D eigenvalue weighted by atomic mass is 9.78.